The zero-order valence-corrected chi connectivity index (χ0v) is 12.9. The van der Waals surface area contributed by atoms with Crippen LogP contribution in [0.3, 0.4) is 0 Å². The Kier molecular flexibility index (Phi) is 7.51. The van der Waals surface area contributed by atoms with E-state index < -0.39 is 0 Å². The van der Waals surface area contributed by atoms with Crippen molar-refractivity contribution in [2.24, 2.45) is 5.84 Å². The number of hydrazine groups is 1. The molecular formula is C15H27N3O2. The molecular weight excluding hydrogens is 254 g/mol. The molecule has 0 saturated carbocycles. The van der Waals surface area contributed by atoms with Gasteiger partial charge in [-0.25, -0.2) is 0 Å². The Balaban J connectivity index is 2.91. The van der Waals surface area contributed by atoms with E-state index in [9.17, 15) is 0 Å². The molecule has 20 heavy (non-hydrogen) atoms. The van der Waals surface area contributed by atoms with E-state index in [2.05, 4.69) is 17.3 Å². The first-order chi connectivity index (χ1) is 9.62. The van der Waals surface area contributed by atoms with E-state index in [1.165, 1.54) is 0 Å². The van der Waals surface area contributed by atoms with Gasteiger partial charge in [0, 0.05) is 12.8 Å². The number of ether oxygens (including phenoxy) is 2. The first-order valence-electron chi connectivity index (χ1n) is 7.31. The van der Waals surface area contributed by atoms with Crippen molar-refractivity contribution in [2.75, 3.05) is 6.61 Å². The molecule has 0 aliphatic carbocycles. The third-order valence-corrected chi connectivity index (χ3v) is 2.97. The summed E-state index contributed by atoms with van der Waals surface area (Å²) in [6.07, 6.45) is 5.66. The van der Waals surface area contributed by atoms with Crippen molar-refractivity contribution in [1.29, 1.82) is 0 Å². The maximum absolute atomic E-state index is 5.80. The summed E-state index contributed by atoms with van der Waals surface area (Å²) >= 11 is 0. The first-order valence-corrected chi connectivity index (χ1v) is 7.31. The van der Waals surface area contributed by atoms with Gasteiger partial charge in [-0.3, -0.25) is 16.3 Å². The molecule has 0 amide bonds. The van der Waals surface area contributed by atoms with Gasteiger partial charge in [-0.1, -0.05) is 13.3 Å². The lowest BCUT2D eigenvalue weighted by atomic mass is 10.00. The Hall–Kier alpha value is -1.17. The van der Waals surface area contributed by atoms with Crippen molar-refractivity contribution in [3.05, 3.63) is 24.0 Å². The van der Waals surface area contributed by atoms with E-state index in [0.29, 0.717) is 6.61 Å². The van der Waals surface area contributed by atoms with Crippen LogP contribution < -0.4 is 16.0 Å². The minimum atomic E-state index is -0.0851. The number of nitrogens with zero attached hydrogens (tertiary/aromatic N) is 1. The molecule has 0 spiro atoms. The van der Waals surface area contributed by atoms with Crippen molar-refractivity contribution >= 4 is 0 Å². The molecule has 1 aromatic heterocycles. The fraction of sp³-hybridized carbons (Fsp3) is 0.667. The molecule has 0 bridgehead atoms. The predicted molar refractivity (Wildman–Crippen MR) is 80.4 cm³/mol. The van der Waals surface area contributed by atoms with Gasteiger partial charge >= 0.3 is 0 Å². The van der Waals surface area contributed by atoms with Gasteiger partial charge in [0.2, 0.25) is 0 Å². The Morgan fingerprint density at radius 3 is 2.60 bits per heavy atom. The second kappa shape index (κ2) is 8.89. The summed E-state index contributed by atoms with van der Waals surface area (Å²) in [5.74, 6) is 6.47. The van der Waals surface area contributed by atoms with Crippen LogP contribution in [0, 0.1) is 0 Å². The molecule has 1 rings (SSSR count). The van der Waals surface area contributed by atoms with E-state index in [1.54, 1.807) is 12.4 Å². The number of aromatic nitrogens is 1. The maximum Gasteiger partial charge on any atom is 0.138 e. The van der Waals surface area contributed by atoms with Gasteiger partial charge in [0.05, 0.1) is 24.4 Å². The lowest BCUT2D eigenvalue weighted by molar-refractivity contribution is 0.0274. The highest BCUT2D eigenvalue weighted by Gasteiger charge is 2.22. The smallest absolute Gasteiger partial charge is 0.138 e. The van der Waals surface area contributed by atoms with Gasteiger partial charge in [0.15, 0.2) is 0 Å². The van der Waals surface area contributed by atoms with Crippen molar-refractivity contribution in [1.82, 2.24) is 10.4 Å². The number of nitrogens with two attached hydrogens (primary N) is 1. The van der Waals surface area contributed by atoms with E-state index in [-0.39, 0.29) is 18.2 Å². The topological polar surface area (TPSA) is 69.4 Å². The molecule has 0 aromatic carbocycles. The SMILES string of the molecule is CCCC(OCC)C(NN)c1cncc(OC(C)C)c1. The molecule has 0 saturated heterocycles. The van der Waals surface area contributed by atoms with Gasteiger partial charge in [-0.15, -0.1) is 0 Å². The summed E-state index contributed by atoms with van der Waals surface area (Å²) in [5, 5.41) is 0. The molecule has 0 fully saturated rings. The zero-order chi connectivity index (χ0) is 15.0. The Labute approximate surface area is 121 Å². The predicted octanol–water partition coefficient (Wildman–Crippen LogP) is 2.58. The fourth-order valence-corrected chi connectivity index (χ4v) is 2.21. The summed E-state index contributed by atoms with van der Waals surface area (Å²) < 4.78 is 11.5. The number of hydrogen-bond donors (Lipinski definition) is 2. The third-order valence-electron chi connectivity index (χ3n) is 2.97. The highest BCUT2D eigenvalue weighted by atomic mass is 16.5. The second-order valence-electron chi connectivity index (χ2n) is 5.05. The van der Waals surface area contributed by atoms with Crippen LogP contribution in [0.1, 0.15) is 52.1 Å². The molecule has 5 nitrogen and oxygen atoms in total. The quantitative estimate of drug-likeness (QED) is 0.538. The number of nitrogens with one attached hydrogen (secondary N) is 1. The van der Waals surface area contributed by atoms with Crippen LogP contribution in [0.5, 0.6) is 5.75 Å². The molecule has 1 aromatic rings. The number of rotatable bonds is 9. The van der Waals surface area contributed by atoms with Crippen molar-refractivity contribution in [3.63, 3.8) is 0 Å². The standard InChI is InChI=1S/C15H27N3O2/c1-5-7-14(19-6-2)15(18-16)12-8-13(10-17-9-12)20-11(3)4/h8-11,14-15,18H,5-7,16H2,1-4H3. The lowest BCUT2D eigenvalue weighted by Gasteiger charge is -2.26. The van der Waals surface area contributed by atoms with Crippen LogP contribution in [0.4, 0.5) is 0 Å². The maximum atomic E-state index is 5.80. The van der Waals surface area contributed by atoms with Gasteiger partial charge in [0.25, 0.3) is 0 Å². The van der Waals surface area contributed by atoms with Crippen LogP contribution >= 0.6 is 0 Å². The lowest BCUT2D eigenvalue weighted by Crippen LogP contribution is -2.38. The van der Waals surface area contributed by atoms with E-state index >= 15 is 0 Å². The Morgan fingerprint density at radius 2 is 2.05 bits per heavy atom. The number of pyridine rings is 1. The average Bonchev–Trinajstić information content (AvgIpc) is 2.40. The van der Waals surface area contributed by atoms with Crippen LogP contribution in [0.25, 0.3) is 0 Å². The van der Waals surface area contributed by atoms with Crippen molar-refractivity contribution < 1.29 is 9.47 Å². The van der Waals surface area contributed by atoms with Crippen molar-refractivity contribution in [3.8, 4) is 5.75 Å². The zero-order valence-electron chi connectivity index (χ0n) is 12.9. The molecule has 114 valence electrons. The highest BCUT2D eigenvalue weighted by molar-refractivity contribution is 5.27. The van der Waals surface area contributed by atoms with E-state index in [1.807, 2.05) is 26.8 Å². The van der Waals surface area contributed by atoms with Crippen LogP contribution in [-0.2, 0) is 4.74 Å². The van der Waals surface area contributed by atoms with Crippen LogP contribution in [0.2, 0.25) is 0 Å². The molecule has 5 heteroatoms. The Bertz CT molecular complexity index is 379. The summed E-state index contributed by atoms with van der Waals surface area (Å²) in [5.41, 5.74) is 3.83. The monoisotopic (exact) mass is 281 g/mol. The minimum absolute atomic E-state index is 0.0334. The van der Waals surface area contributed by atoms with Gasteiger partial charge in [-0.05, 0) is 38.8 Å². The van der Waals surface area contributed by atoms with Gasteiger partial charge < -0.3 is 9.47 Å². The molecule has 0 aliphatic heterocycles. The molecule has 2 atom stereocenters. The molecule has 3 N–H and O–H groups in total. The van der Waals surface area contributed by atoms with Gasteiger partial charge in [0.1, 0.15) is 5.75 Å². The third kappa shape index (κ3) is 5.07. The Morgan fingerprint density at radius 1 is 1.30 bits per heavy atom. The molecule has 0 aliphatic rings. The number of hydrogen-bond acceptors (Lipinski definition) is 5. The van der Waals surface area contributed by atoms with Gasteiger partial charge in [-0.2, -0.15) is 0 Å². The summed E-state index contributed by atoms with van der Waals surface area (Å²) in [4.78, 5) is 4.23. The van der Waals surface area contributed by atoms with Crippen LogP contribution in [0.15, 0.2) is 18.5 Å². The first kappa shape index (κ1) is 16.9. The summed E-state index contributed by atoms with van der Waals surface area (Å²) in [7, 11) is 0. The minimum Gasteiger partial charge on any atom is -0.489 e. The van der Waals surface area contributed by atoms with Crippen LogP contribution in [-0.4, -0.2) is 23.8 Å². The van der Waals surface area contributed by atoms with E-state index in [0.717, 1.165) is 24.2 Å². The highest BCUT2D eigenvalue weighted by Crippen LogP contribution is 2.24. The summed E-state index contributed by atoms with van der Waals surface area (Å²) in [6, 6.07) is 1.89. The van der Waals surface area contributed by atoms with E-state index in [4.69, 9.17) is 15.3 Å². The van der Waals surface area contributed by atoms with Crippen molar-refractivity contribution in [2.45, 2.75) is 58.8 Å². The summed E-state index contributed by atoms with van der Waals surface area (Å²) in [6.45, 7) is 8.78. The molecule has 0 radical (unpaired) electrons. The average molecular weight is 281 g/mol. The fourth-order valence-electron chi connectivity index (χ4n) is 2.21. The second-order valence-corrected chi connectivity index (χ2v) is 5.05. The largest absolute Gasteiger partial charge is 0.489 e. The molecule has 1 heterocycles. The molecule has 2 unspecified atom stereocenters. The normalized spacial score (nSPS) is 14.3.